The molecule has 0 unspecified atom stereocenters. The monoisotopic (exact) mass is 590 g/mol. The molecular formula is C22H20F10N6O2. The van der Waals surface area contributed by atoms with Crippen LogP contribution in [0.1, 0.15) is 31.5 Å². The van der Waals surface area contributed by atoms with Gasteiger partial charge in [-0.1, -0.05) is 0 Å². The number of fused-ring (bicyclic) bond motifs is 1. The Labute approximate surface area is 218 Å². The minimum atomic E-state index is -5.39. The van der Waals surface area contributed by atoms with Gasteiger partial charge in [-0.05, 0) is 25.5 Å². The summed E-state index contributed by atoms with van der Waals surface area (Å²) in [6.45, 7) is 0.206. The number of hydrogen-bond donors (Lipinski definition) is 1. The van der Waals surface area contributed by atoms with Gasteiger partial charge in [0, 0.05) is 30.3 Å². The molecule has 0 saturated carbocycles. The molecule has 0 aliphatic rings. The number of halogens is 10. The lowest BCUT2D eigenvalue weighted by Gasteiger charge is -2.34. The van der Waals surface area contributed by atoms with Crippen molar-refractivity contribution in [2.75, 3.05) is 13.7 Å². The molecule has 2 amide bonds. The number of alkyl halides is 9. The van der Waals surface area contributed by atoms with Gasteiger partial charge >= 0.3 is 24.6 Å². The first-order chi connectivity index (χ1) is 18.5. The number of methoxy groups -OCH3 is 1. The van der Waals surface area contributed by atoms with Crippen molar-refractivity contribution < 1.29 is 53.4 Å². The molecular weight excluding hydrogens is 570 g/mol. The van der Waals surface area contributed by atoms with Gasteiger partial charge in [-0.25, -0.2) is 18.7 Å². The SMILES string of the molecule is CCN(C(=O)N[C@@H](CCC(F)(F)F)C(F)(F)F)[C@@H](c1cc(-c2cc(F)c3ncnn3c2)c(OC)cn1)C(F)(F)F. The van der Waals surface area contributed by atoms with Gasteiger partial charge in [0.15, 0.2) is 17.5 Å². The number of hydrogen-bond acceptors (Lipinski definition) is 5. The van der Waals surface area contributed by atoms with Gasteiger partial charge in [0.1, 0.15) is 18.1 Å². The van der Waals surface area contributed by atoms with Crippen LogP contribution >= 0.6 is 0 Å². The molecule has 0 aliphatic heterocycles. The maximum Gasteiger partial charge on any atom is 0.414 e. The number of carbonyl (C=O) groups excluding carboxylic acids is 1. The second-order valence-corrected chi connectivity index (χ2v) is 8.34. The standard InChI is InChI=1S/C22H20F10N6O2/c1-3-37(19(39)36-16(21(27,28)29)4-5-20(24,25)26)17(22(30,31)32)14-7-12(15(40-2)8-33-14)11-6-13(23)18-34-10-35-38(18)9-11/h6-10,16-17H,3-5H2,1-2H3,(H,36,39)/t16-,17-/m0/s1. The van der Waals surface area contributed by atoms with E-state index in [1.165, 1.54) is 11.5 Å². The normalized spacial score (nSPS) is 14.2. The molecule has 220 valence electrons. The first kappa shape index (κ1) is 30.7. The highest BCUT2D eigenvalue weighted by molar-refractivity contribution is 5.76. The summed E-state index contributed by atoms with van der Waals surface area (Å²) in [5.74, 6) is -1.02. The Morgan fingerprint density at radius 2 is 1.75 bits per heavy atom. The zero-order chi connectivity index (χ0) is 30.0. The van der Waals surface area contributed by atoms with Gasteiger partial charge in [0.05, 0.1) is 19.0 Å². The average molecular weight is 590 g/mol. The van der Waals surface area contributed by atoms with Crippen LogP contribution in [-0.2, 0) is 0 Å². The Morgan fingerprint density at radius 1 is 1.07 bits per heavy atom. The smallest absolute Gasteiger partial charge is 0.414 e. The Morgan fingerprint density at radius 3 is 2.30 bits per heavy atom. The van der Waals surface area contributed by atoms with E-state index in [4.69, 9.17) is 4.74 Å². The Kier molecular flexibility index (Phi) is 8.69. The van der Waals surface area contributed by atoms with Crippen molar-refractivity contribution in [3.63, 3.8) is 0 Å². The lowest BCUT2D eigenvalue weighted by molar-refractivity contribution is -0.182. The molecule has 0 aliphatic carbocycles. The van der Waals surface area contributed by atoms with E-state index in [1.54, 1.807) is 0 Å². The highest BCUT2D eigenvalue weighted by atomic mass is 19.4. The molecule has 40 heavy (non-hydrogen) atoms. The summed E-state index contributed by atoms with van der Waals surface area (Å²) in [4.78, 5) is 20.0. The lowest BCUT2D eigenvalue weighted by Crippen LogP contribution is -2.53. The van der Waals surface area contributed by atoms with E-state index in [0.717, 1.165) is 43.2 Å². The van der Waals surface area contributed by atoms with E-state index >= 15 is 0 Å². The van der Waals surface area contributed by atoms with E-state index in [1.807, 2.05) is 0 Å². The van der Waals surface area contributed by atoms with Crippen LogP contribution in [0.5, 0.6) is 5.75 Å². The number of rotatable bonds is 8. The first-order valence-corrected chi connectivity index (χ1v) is 11.3. The van der Waals surface area contributed by atoms with Crippen LogP contribution in [0, 0.1) is 5.82 Å². The number of urea groups is 1. The predicted octanol–water partition coefficient (Wildman–Crippen LogP) is 5.85. The summed E-state index contributed by atoms with van der Waals surface area (Å²) >= 11 is 0. The number of aromatic nitrogens is 4. The summed E-state index contributed by atoms with van der Waals surface area (Å²) in [5, 5.41) is 5.00. The largest absolute Gasteiger partial charge is 0.494 e. The van der Waals surface area contributed by atoms with E-state index in [-0.39, 0.29) is 27.4 Å². The molecule has 0 aromatic carbocycles. The van der Waals surface area contributed by atoms with E-state index < -0.39 is 67.5 Å². The predicted molar refractivity (Wildman–Crippen MR) is 118 cm³/mol. The molecule has 0 bridgehead atoms. The summed E-state index contributed by atoms with van der Waals surface area (Å²) < 4.78 is 141. The molecule has 3 aromatic heterocycles. The second-order valence-electron chi connectivity index (χ2n) is 8.34. The van der Waals surface area contributed by atoms with Crippen LogP contribution in [-0.4, -0.2) is 68.7 Å². The van der Waals surface area contributed by atoms with E-state index in [2.05, 4.69) is 15.1 Å². The highest BCUT2D eigenvalue weighted by Gasteiger charge is 2.49. The van der Waals surface area contributed by atoms with Crippen LogP contribution in [0.4, 0.5) is 48.7 Å². The minimum Gasteiger partial charge on any atom is -0.494 e. The van der Waals surface area contributed by atoms with Crippen molar-refractivity contribution in [1.82, 2.24) is 29.8 Å². The maximum absolute atomic E-state index is 14.5. The number of amides is 2. The lowest BCUT2D eigenvalue weighted by atomic mass is 10.0. The molecule has 3 rings (SSSR count). The molecule has 1 N–H and O–H groups in total. The first-order valence-electron chi connectivity index (χ1n) is 11.3. The second kappa shape index (κ2) is 11.3. The molecule has 18 heteroatoms. The summed E-state index contributed by atoms with van der Waals surface area (Å²) in [6.07, 6.45) is -16.2. The molecule has 8 nitrogen and oxygen atoms in total. The summed E-state index contributed by atoms with van der Waals surface area (Å²) in [7, 11) is 1.15. The van der Waals surface area contributed by atoms with Crippen molar-refractivity contribution >= 4 is 11.7 Å². The fourth-order valence-electron chi connectivity index (χ4n) is 3.83. The van der Waals surface area contributed by atoms with Gasteiger partial charge in [0.25, 0.3) is 0 Å². The van der Waals surface area contributed by atoms with Crippen LogP contribution in [0.2, 0.25) is 0 Å². The Hall–Kier alpha value is -3.86. The molecule has 2 atom stereocenters. The zero-order valence-electron chi connectivity index (χ0n) is 20.5. The van der Waals surface area contributed by atoms with Crippen molar-refractivity contribution in [2.24, 2.45) is 0 Å². The van der Waals surface area contributed by atoms with Crippen LogP contribution in [0.25, 0.3) is 16.8 Å². The quantitative estimate of drug-likeness (QED) is 0.333. The van der Waals surface area contributed by atoms with Crippen molar-refractivity contribution in [3.8, 4) is 16.9 Å². The van der Waals surface area contributed by atoms with E-state index in [9.17, 15) is 48.7 Å². The van der Waals surface area contributed by atoms with Crippen LogP contribution in [0.3, 0.4) is 0 Å². The van der Waals surface area contributed by atoms with Gasteiger partial charge in [-0.3, -0.25) is 4.98 Å². The van der Waals surface area contributed by atoms with Gasteiger partial charge < -0.3 is 15.0 Å². The number of carbonyl (C=O) groups is 1. The van der Waals surface area contributed by atoms with Crippen LogP contribution < -0.4 is 10.1 Å². The fourth-order valence-corrected chi connectivity index (χ4v) is 3.83. The highest BCUT2D eigenvalue weighted by Crippen LogP contribution is 2.40. The Bertz CT molecular complexity index is 1340. The van der Waals surface area contributed by atoms with Crippen molar-refractivity contribution in [1.29, 1.82) is 0 Å². The fraction of sp³-hybridized carbons (Fsp3) is 0.455. The molecule has 3 aromatic rings. The van der Waals surface area contributed by atoms with Crippen LogP contribution in [0.15, 0.2) is 30.9 Å². The number of ether oxygens (including phenoxy) is 1. The van der Waals surface area contributed by atoms with Gasteiger partial charge in [-0.15, -0.1) is 0 Å². The molecule has 0 fully saturated rings. The molecule has 0 radical (unpaired) electrons. The number of nitrogens with zero attached hydrogens (tertiary/aromatic N) is 5. The van der Waals surface area contributed by atoms with Gasteiger partial charge in [0.2, 0.25) is 0 Å². The zero-order valence-corrected chi connectivity index (χ0v) is 20.5. The van der Waals surface area contributed by atoms with Crippen molar-refractivity contribution in [2.45, 2.75) is 50.4 Å². The van der Waals surface area contributed by atoms with E-state index in [0.29, 0.717) is 0 Å². The van der Waals surface area contributed by atoms with Gasteiger partial charge in [-0.2, -0.15) is 44.6 Å². The number of pyridine rings is 2. The minimum absolute atomic E-state index is 0.0475. The molecule has 0 spiro atoms. The molecule has 3 heterocycles. The topological polar surface area (TPSA) is 84.7 Å². The third-order valence-corrected chi connectivity index (χ3v) is 5.66. The Balaban J connectivity index is 2.04. The average Bonchev–Trinajstić information content (AvgIpc) is 3.32. The maximum atomic E-state index is 14.5. The number of nitrogens with one attached hydrogen (secondary N) is 1. The third-order valence-electron chi connectivity index (χ3n) is 5.66. The third kappa shape index (κ3) is 7.01. The summed E-state index contributed by atoms with van der Waals surface area (Å²) in [6, 6.07) is -6.23. The molecule has 0 saturated heterocycles. The summed E-state index contributed by atoms with van der Waals surface area (Å²) in [5.41, 5.74) is -1.27. The van der Waals surface area contributed by atoms with Crippen molar-refractivity contribution in [3.05, 3.63) is 42.4 Å².